The number of nitrogens with zero attached hydrogens (tertiary/aromatic N) is 2. The lowest BCUT2D eigenvalue weighted by Crippen LogP contribution is -2.53. The van der Waals surface area contributed by atoms with Crippen molar-refractivity contribution in [1.82, 2.24) is 9.80 Å². The van der Waals surface area contributed by atoms with Crippen molar-refractivity contribution in [2.45, 2.75) is 38.6 Å². The molecule has 0 spiro atoms. The molecule has 0 saturated carbocycles. The molecule has 0 unspecified atom stereocenters. The Balaban J connectivity index is 1.64. The third kappa shape index (κ3) is 2.87. The summed E-state index contributed by atoms with van der Waals surface area (Å²) in [5.74, 6) is -0.168. The smallest absolute Gasteiger partial charge is 0.123 e. The van der Waals surface area contributed by atoms with Crippen LogP contribution in [0.2, 0.25) is 0 Å². The van der Waals surface area contributed by atoms with Gasteiger partial charge in [-0.3, -0.25) is 9.80 Å². The van der Waals surface area contributed by atoms with Gasteiger partial charge in [0.05, 0.1) is 18.8 Å². The summed E-state index contributed by atoms with van der Waals surface area (Å²) in [4.78, 5) is 4.97. The number of halogens is 1. The van der Waals surface area contributed by atoms with E-state index in [2.05, 4.69) is 23.6 Å². The van der Waals surface area contributed by atoms with Crippen molar-refractivity contribution in [3.63, 3.8) is 0 Å². The zero-order valence-electron chi connectivity index (χ0n) is 12.3. The first-order chi connectivity index (χ1) is 9.63. The van der Waals surface area contributed by atoms with E-state index in [0.717, 1.165) is 32.8 Å². The van der Waals surface area contributed by atoms with Crippen LogP contribution < -0.4 is 0 Å². The number of benzene rings is 1. The van der Waals surface area contributed by atoms with E-state index in [1.807, 2.05) is 12.1 Å². The number of likely N-dealkylation sites (tertiary alicyclic amines) is 1. The van der Waals surface area contributed by atoms with Crippen LogP contribution >= 0.6 is 0 Å². The molecule has 4 heteroatoms. The van der Waals surface area contributed by atoms with Gasteiger partial charge in [0.1, 0.15) is 5.82 Å². The zero-order valence-corrected chi connectivity index (χ0v) is 12.3. The van der Waals surface area contributed by atoms with Gasteiger partial charge < -0.3 is 4.74 Å². The molecule has 0 bridgehead atoms. The van der Waals surface area contributed by atoms with Crippen molar-refractivity contribution in [3.05, 3.63) is 35.6 Å². The third-order valence-electron chi connectivity index (χ3n) is 4.40. The quantitative estimate of drug-likeness (QED) is 0.842. The molecular weight excluding hydrogens is 255 g/mol. The van der Waals surface area contributed by atoms with Crippen molar-refractivity contribution in [3.8, 4) is 0 Å². The Morgan fingerprint density at radius 2 is 2.00 bits per heavy atom. The van der Waals surface area contributed by atoms with E-state index in [1.165, 1.54) is 17.7 Å². The maximum atomic E-state index is 12.9. The molecule has 2 fully saturated rings. The van der Waals surface area contributed by atoms with Crippen LogP contribution in [0.15, 0.2) is 24.3 Å². The first-order valence-corrected chi connectivity index (χ1v) is 7.47. The summed E-state index contributed by atoms with van der Waals surface area (Å²) in [6, 6.07) is 7.89. The third-order valence-corrected chi connectivity index (χ3v) is 4.40. The second-order valence-electron chi connectivity index (χ2n) is 6.13. The van der Waals surface area contributed by atoms with Crippen LogP contribution in [0.5, 0.6) is 0 Å². The second kappa shape index (κ2) is 5.80. The molecule has 20 heavy (non-hydrogen) atoms. The summed E-state index contributed by atoms with van der Waals surface area (Å²) in [5, 5.41) is 0. The zero-order chi connectivity index (χ0) is 14.1. The number of ether oxygens (including phenoxy) is 1. The molecule has 2 saturated heterocycles. The molecule has 3 nitrogen and oxygen atoms in total. The van der Waals surface area contributed by atoms with E-state index in [0.29, 0.717) is 18.2 Å². The molecule has 0 aliphatic carbocycles. The number of rotatable bonds is 3. The van der Waals surface area contributed by atoms with Gasteiger partial charge in [-0.25, -0.2) is 4.39 Å². The van der Waals surface area contributed by atoms with E-state index in [9.17, 15) is 4.39 Å². The lowest BCUT2D eigenvalue weighted by Gasteiger charge is -2.39. The lowest BCUT2D eigenvalue weighted by molar-refractivity contribution is -0.0583. The Morgan fingerprint density at radius 3 is 2.70 bits per heavy atom. The summed E-state index contributed by atoms with van der Waals surface area (Å²) < 4.78 is 18.9. The van der Waals surface area contributed by atoms with Crippen LogP contribution in [-0.4, -0.2) is 54.2 Å². The van der Waals surface area contributed by atoms with Crippen molar-refractivity contribution >= 4 is 0 Å². The van der Waals surface area contributed by atoms with Crippen LogP contribution in [0.4, 0.5) is 4.39 Å². The molecule has 2 heterocycles. The number of morpholine rings is 1. The average molecular weight is 278 g/mol. The van der Waals surface area contributed by atoms with E-state index >= 15 is 0 Å². The molecule has 0 N–H and O–H groups in total. The average Bonchev–Trinajstić information content (AvgIpc) is 2.83. The molecule has 1 aromatic rings. The van der Waals surface area contributed by atoms with Crippen molar-refractivity contribution in [2.24, 2.45) is 0 Å². The Bertz CT molecular complexity index is 448. The number of hydrogen-bond acceptors (Lipinski definition) is 3. The van der Waals surface area contributed by atoms with Crippen LogP contribution in [0.25, 0.3) is 0 Å². The summed E-state index contributed by atoms with van der Waals surface area (Å²) >= 11 is 0. The Labute approximate surface area is 120 Å². The standard InChI is InChI=1S/C16H23FN2O/c1-12(2)19-7-8-20-16-11-18(10-15(16)19)9-13-3-5-14(17)6-4-13/h3-6,12,15-16H,7-11H2,1-2H3/t15-,16+/m1/s1. The lowest BCUT2D eigenvalue weighted by atomic mass is 10.1. The first kappa shape index (κ1) is 14.0. The van der Waals surface area contributed by atoms with Gasteiger partial charge in [0.25, 0.3) is 0 Å². The van der Waals surface area contributed by atoms with Crippen LogP contribution in [0, 0.1) is 5.82 Å². The number of fused-ring (bicyclic) bond motifs is 1. The van der Waals surface area contributed by atoms with Gasteiger partial charge >= 0.3 is 0 Å². The molecule has 2 aliphatic rings. The van der Waals surface area contributed by atoms with Crippen LogP contribution in [-0.2, 0) is 11.3 Å². The molecule has 0 amide bonds. The Hall–Kier alpha value is -0.970. The van der Waals surface area contributed by atoms with E-state index < -0.39 is 0 Å². The van der Waals surface area contributed by atoms with E-state index in [1.54, 1.807) is 0 Å². The topological polar surface area (TPSA) is 15.7 Å². The molecule has 1 aromatic carbocycles. The van der Waals surface area contributed by atoms with Crippen molar-refractivity contribution in [1.29, 1.82) is 0 Å². The van der Waals surface area contributed by atoms with Gasteiger partial charge in [-0.05, 0) is 31.5 Å². The maximum Gasteiger partial charge on any atom is 0.123 e. The van der Waals surface area contributed by atoms with Gasteiger partial charge in [-0.15, -0.1) is 0 Å². The van der Waals surface area contributed by atoms with Crippen LogP contribution in [0.3, 0.4) is 0 Å². The summed E-state index contributed by atoms with van der Waals surface area (Å²) in [6.45, 7) is 9.27. The van der Waals surface area contributed by atoms with Gasteiger partial charge in [-0.1, -0.05) is 12.1 Å². The summed E-state index contributed by atoms with van der Waals surface area (Å²) in [7, 11) is 0. The molecule has 2 aliphatic heterocycles. The fourth-order valence-electron chi connectivity index (χ4n) is 3.41. The van der Waals surface area contributed by atoms with Crippen molar-refractivity contribution < 1.29 is 9.13 Å². The first-order valence-electron chi connectivity index (χ1n) is 7.47. The highest BCUT2D eigenvalue weighted by Crippen LogP contribution is 2.25. The second-order valence-corrected chi connectivity index (χ2v) is 6.13. The number of hydrogen-bond donors (Lipinski definition) is 0. The molecule has 0 radical (unpaired) electrons. The predicted molar refractivity (Wildman–Crippen MR) is 77.0 cm³/mol. The summed E-state index contributed by atoms with van der Waals surface area (Å²) in [5.41, 5.74) is 1.17. The molecule has 0 aromatic heterocycles. The largest absolute Gasteiger partial charge is 0.374 e. The summed E-state index contributed by atoms with van der Waals surface area (Å²) in [6.07, 6.45) is 0.326. The van der Waals surface area contributed by atoms with Gasteiger partial charge in [0, 0.05) is 32.2 Å². The SMILES string of the molecule is CC(C)N1CCO[C@H]2CN(Cc3ccc(F)cc3)C[C@H]21. The van der Waals surface area contributed by atoms with E-state index in [-0.39, 0.29) is 5.82 Å². The molecular formula is C16H23FN2O. The van der Waals surface area contributed by atoms with Crippen LogP contribution in [0.1, 0.15) is 19.4 Å². The van der Waals surface area contributed by atoms with Gasteiger partial charge in [0.15, 0.2) is 0 Å². The van der Waals surface area contributed by atoms with Gasteiger partial charge in [0.2, 0.25) is 0 Å². The normalized spacial score (nSPS) is 28.0. The molecule has 110 valence electrons. The van der Waals surface area contributed by atoms with E-state index in [4.69, 9.17) is 4.74 Å². The Morgan fingerprint density at radius 1 is 1.25 bits per heavy atom. The Kier molecular flexibility index (Phi) is 4.06. The molecule has 2 atom stereocenters. The fourth-order valence-corrected chi connectivity index (χ4v) is 3.41. The highest BCUT2D eigenvalue weighted by atomic mass is 19.1. The molecule has 3 rings (SSSR count). The highest BCUT2D eigenvalue weighted by molar-refractivity contribution is 5.16. The van der Waals surface area contributed by atoms with Crippen molar-refractivity contribution in [2.75, 3.05) is 26.2 Å². The minimum atomic E-state index is -0.168. The highest BCUT2D eigenvalue weighted by Gasteiger charge is 2.40. The maximum absolute atomic E-state index is 12.9. The predicted octanol–water partition coefficient (Wildman–Crippen LogP) is 2.12. The minimum Gasteiger partial charge on any atom is -0.374 e. The monoisotopic (exact) mass is 278 g/mol. The van der Waals surface area contributed by atoms with Gasteiger partial charge in [-0.2, -0.15) is 0 Å². The minimum absolute atomic E-state index is 0.168. The fraction of sp³-hybridized carbons (Fsp3) is 0.625.